The normalized spacial score (nSPS) is 13.5. The first kappa shape index (κ1) is 16.2. The van der Waals surface area contributed by atoms with Gasteiger partial charge < -0.3 is 19.3 Å². The maximum absolute atomic E-state index is 6.32. The van der Waals surface area contributed by atoms with Crippen LogP contribution >= 0.6 is 22.9 Å². The third kappa shape index (κ3) is 3.40. The Morgan fingerprint density at radius 1 is 1.24 bits per heavy atom. The molecule has 0 unspecified atom stereocenters. The van der Waals surface area contributed by atoms with Gasteiger partial charge in [-0.05, 0) is 6.92 Å². The van der Waals surface area contributed by atoms with Crippen molar-refractivity contribution in [3.05, 3.63) is 34.2 Å². The molecule has 0 spiro atoms. The van der Waals surface area contributed by atoms with E-state index in [0.717, 1.165) is 22.7 Å². The first-order chi connectivity index (χ1) is 12.2. The van der Waals surface area contributed by atoms with Crippen LogP contribution < -0.4 is 14.8 Å². The fraction of sp³-hybridized carbons (Fsp3) is 0.312. The number of benzene rings is 1. The number of fused-ring (bicyclic) bond motifs is 1. The number of thiazole rings is 1. The number of aryl methyl sites for hydroxylation is 1. The van der Waals surface area contributed by atoms with Crippen LogP contribution in [0.25, 0.3) is 10.8 Å². The molecule has 0 atom stereocenters. The van der Waals surface area contributed by atoms with Gasteiger partial charge in [-0.2, -0.15) is 4.98 Å². The Morgan fingerprint density at radius 2 is 2.04 bits per heavy atom. The number of hydrogen-bond donors (Lipinski definition) is 1. The highest BCUT2D eigenvalue weighted by Gasteiger charge is 2.16. The molecule has 4 rings (SSSR count). The van der Waals surface area contributed by atoms with Crippen LogP contribution in [0.4, 0.5) is 5.69 Å². The lowest BCUT2D eigenvalue weighted by Crippen LogP contribution is -2.03. The van der Waals surface area contributed by atoms with E-state index in [1.807, 2.05) is 13.0 Å². The highest BCUT2D eigenvalue weighted by atomic mass is 35.5. The maximum atomic E-state index is 6.32. The van der Waals surface area contributed by atoms with Gasteiger partial charge in [0.15, 0.2) is 17.3 Å². The summed E-state index contributed by atoms with van der Waals surface area (Å²) in [6.45, 7) is 3.53. The molecule has 7 nitrogen and oxygen atoms in total. The molecule has 1 N–H and O–H groups in total. The van der Waals surface area contributed by atoms with Gasteiger partial charge in [0.25, 0.3) is 5.89 Å². The summed E-state index contributed by atoms with van der Waals surface area (Å²) >= 11 is 7.79. The molecule has 25 heavy (non-hydrogen) atoms. The second-order valence-corrected chi connectivity index (χ2v) is 6.73. The molecule has 0 aliphatic carbocycles. The van der Waals surface area contributed by atoms with Crippen molar-refractivity contribution in [2.45, 2.75) is 19.9 Å². The van der Waals surface area contributed by atoms with Crippen molar-refractivity contribution in [3.8, 4) is 22.3 Å². The largest absolute Gasteiger partial charge is 0.490 e. The molecular weight excluding hydrogens is 364 g/mol. The SMILES string of the molecule is Cc1ncsc1-c1nc(CNc2cc3c(cc2Cl)OCCCO3)no1. The van der Waals surface area contributed by atoms with Crippen molar-refractivity contribution in [1.82, 2.24) is 15.1 Å². The molecule has 0 radical (unpaired) electrons. The summed E-state index contributed by atoms with van der Waals surface area (Å²) in [6.07, 6.45) is 0.845. The zero-order valence-corrected chi connectivity index (χ0v) is 15.0. The van der Waals surface area contributed by atoms with E-state index in [1.165, 1.54) is 11.3 Å². The predicted octanol–water partition coefficient (Wildman–Crippen LogP) is 3.93. The van der Waals surface area contributed by atoms with Gasteiger partial charge in [-0.3, -0.25) is 0 Å². The van der Waals surface area contributed by atoms with E-state index in [-0.39, 0.29) is 0 Å². The van der Waals surface area contributed by atoms with Gasteiger partial charge in [0.05, 0.1) is 41.7 Å². The molecule has 0 bridgehead atoms. The first-order valence-electron chi connectivity index (χ1n) is 7.77. The van der Waals surface area contributed by atoms with E-state index in [1.54, 1.807) is 11.6 Å². The molecule has 0 saturated carbocycles. The van der Waals surface area contributed by atoms with Gasteiger partial charge in [0.1, 0.15) is 4.88 Å². The lowest BCUT2D eigenvalue weighted by atomic mass is 10.2. The Bertz CT molecular complexity index is 895. The molecule has 1 aromatic carbocycles. The molecule has 1 aliphatic rings. The Labute approximate surface area is 152 Å². The van der Waals surface area contributed by atoms with E-state index in [9.17, 15) is 0 Å². The maximum Gasteiger partial charge on any atom is 0.269 e. The Morgan fingerprint density at radius 3 is 2.80 bits per heavy atom. The van der Waals surface area contributed by atoms with Crippen LogP contribution in [0.1, 0.15) is 17.9 Å². The second kappa shape index (κ2) is 6.89. The monoisotopic (exact) mass is 378 g/mol. The summed E-state index contributed by atoms with van der Waals surface area (Å²) < 4.78 is 16.6. The Kier molecular flexibility index (Phi) is 4.46. The minimum absolute atomic E-state index is 0.376. The van der Waals surface area contributed by atoms with Gasteiger partial charge >= 0.3 is 0 Å². The molecule has 0 amide bonds. The zero-order valence-electron chi connectivity index (χ0n) is 13.4. The zero-order chi connectivity index (χ0) is 17.2. The van der Waals surface area contributed by atoms with E-state index in [0.29, 0.717) is 48.0 Å². The number of hydrogen-bond acceptors (Lipinski definition) is 8. The highest BCUT2D eigenvalue weighted by molar-refractivity contribution is 7.13. The van der Waals surface area contributed by atoms with E-state index in [2.05, 4.69) is 20.4 Å². The number of nitrogens with one attached hydrogen (secondary N) is 1. The molecule has 3 aromatic rings. The highest BCUT2D eigenvalue weighted by Crippen LogP contribution is 2.37. The molecule has 0 fully saturated rings. The Balaban J connectivity index is 1.49. The van der Waals surface area contributed by atoms with Crippen molar-refractivity contribution in [3.63, 3.8) is 0 Å². The summed E-state index contributed by atoms with van der Waals surface area (Å²) in [5, 5.41) is 7.75. The third-order valence-corrected chi connectivity index (χ3v) is 4.91. The van der Waals surface area contributed by atoms with Crippen molar-refractivity contribution in [2.75, 3.05) is 18.5 Å². The summed E-state index contributed by atoms with van der Waals surface area (Å²) in [4.78, 5) is 9.46. The van der Waals surface area contributed by atoms with Gasteiger partial charge in [0, 0.05) is 18.6 Å². The third-order valence-electron chi connectivity index (χ3n) is 3.68. The van der Waals surface area contributed by atoms with Crippen LogP contribution in [-0.4, -0.2) is 28.3 Å². The summed E-state index contributed by atoms with van der Waals surface area (Å²) in [7, 11) is 0. The molecule has 2 aromatic heterocycles. The molecule has 9 heteroatoms. The number of ether oxygens (including phenoxy) is 2. The average molecular weight is 379 g/mol. The van der Waals surface area contributed by atoms with Crippen LogP contribution in [0.15, 0.2) is 22.2 Å². The first-order valence-corrected chi connectivity index (χ1v) is 9.02. The number of aromatic nitrogens is 3. The van der Waals surface area contributed by atoms with Crippen LogP contribution in [0.5, 0.6) is 11.5 Å². The smallest absolute Gasteiger partial charge is 0.269 e. The van der Waals surface area contributed by atoms with Gasteiger partial charge in [-0.15, -0.1) is 11.3 Å². The average Bonchev–Trinajstić information content (AvgIpc) is 3.17. The summed E-state index contributed by atoms with van der Waals surface area (Å²) in [6, 6.07) is 3.59. The van der Waals surface area contributed by atoms with E-state index >= 15 is 0 Å². The van der Waals surface area contributed by atoms with E-state index < -0.39 is 0 Å². The van der Waals surface area contributed by atoms with Crippen LogP contribution in [0.2, 0.25) is 5.02 Å². The van der Waals surface area contributed by atoms with Crippen molar-refractivity contribution in [1.29, 1.82) is 0 Å². The van der Waals surface area contributed by atoms with Gasteiger partial charge in [-0.25, -0.2) is 4.98 Å². The lowest BCUT2D eigenvalue weighted by Gasteiger charge is -2.12. The molecular formula is C16H15ClN4O3S. The number of rotatable bonds is 4. The fourth-order valence-corrected chi connectivity index (χ4v) is 3.36. The minimum atomic E-state index is 0.376. The van der Waals surface area contributed by atoms with Gasteiger partial charge in [0.2, 0.25) is 0 Å². The number of nitrogens with zero attached hydrogens (tertiary/aromatic N) is 3. The quantitative estimate of drug-likeness (QED) is 0.736. The topological polar surface area (TPSA) is 82.3 Å². The summed E-state index contributed by atoms with van der Waals surface area (Å²) in [5.74, 6) is 2.35. The molecule has 130 valence electrons. The van der Waals surface area contributed by atoms with E-state index in [4.69, 9.17) is 25.6 Å². The van der Waals surface area contributed by atoms with Crippen LogP contribution in [0, 0.1) is 6.92 Å². The minimum Gasteiger partial charge on any atom is -0.490 e. The molecule has 0 saturated heterocycles. The second-order valence-electron chi connectivity index (χ2n) is 5.47. The number of anilines is 1. The van der Waals surface area contributed by atoms with Crippen molar-refractivity contribution >= 4 is 28.6 Å². The lowest BCUT2D eigenvalue weighted by molar-refractivity contribution is 0.297. The van der Waals surface area contributed by atoms with Crippen molar-refractivity contribution in [2.24, 2.45) is 0 Å². The number of halogens is 1. The van der Waals surface area contributed by atoms with Crippen LogP contribution in [0.3, 0.4) is 0 Å². The fourth-order valence-electron chi connectivity index (χ4n) is 2.42. The standard InChI is InChI=1S/C16H15ClN4O3S/c1-9-15(25-8-19-9)16-20-14(21-24-16)7-18-11-6-13-12(5-10(11)17)22-3-2-4-23-13/h5-6,8,18H,2-4,7H2,1H3. The van der Waals surface area contributed by atoms with Gasteiger partial charge in [-0.1, -0.05) is 16.8 Å². The van der Waals surface area contributed by atoms with Crippen molar-refractivity contribution < 1.29 is 14.0 Å². The predicted molar refractivity (Wildman–Crippen MR) is 94.5 cm³/mol. The summed E-state index contributed by atoms with van der Waals surface area (Å²) in [5.41, 5.74) is 3.36. The molecule has 3 heterocycles. The Hall–Kier alpha value is -2.32. The van der Waals surface area contributed by atoms with Crippen LogP contribution in [-0.2, 0) is 6.54 Å². The molecule has 1 aliphatic heterocycles.